The van der Waals surface area contributed by atoms with Crippen LogP contribution >= 0.6 is 11.6 Å². The molecule has 1 heterocycles. The van der Waals surface area contributed by atoms with Gasteiger partial charge in [-0.25, -0.2) is 0 Å². The second-order valence-corrected chi connectivity index (χ2v) is 6.90. The van der Waals surface area contributed by atoms with Gasteiger partial charge in [0.25, 0.3) is 0 Å². The number of esters is 1. The van der Waals surface area contributed by atoms with Crippen LogP contribution in [0.3, 0.4) is 0 Å². The molecule has 0 saturated carbocycles. The van der Waals surface area contributed by atoms with Gasteiger partial charge in [-0.1, -0.05) is 17.7 Å². The normalized spacial score (nSPS) is 17.1. The average molecular weight is 438 g/mol. The highest BCUT2D eigenvalue weighted by Gasteiger charge is 2.43. The van der Waals surface area contributed by atoms with Gasteiger partial charge >= 0.3 is 18.1 Å². The monoisotopic (exact) mass is 437 g/mol. The van der Waals surface area contributed by atoms with Crippen LogP contribution in [0.2, 0.25) is 5.02 Å². The van der Waals surface area contributed by atoms with E-state index in [4.69, 9.17) is 21.1 Å². The van der Waals surface area contributed by atoms with Crippen LogP contribution in [0.25, 0.3) is 0 Å². The molecule has 0 N–H and O–H groups in total. The summed E-state index contributed by atoms with van der Waals surface area (Å²) >= 11 is 6.15. The Bertz CT molecular complexity index is 708. The number of amides is 1. The first-order valence-corrected chi connectivity index (χ1v) is 9.60. The van der Waals surface area contributed by atoms with Crippen LogP contribution in [0.4, 0.5) is 18.9 Å². The molecule has 162 valence electrons. The number of alkyl halides is 3. The Balaban J connectivity index is 2.04. The molecule has 29 heavy (non-hydrogen) atoms. The number of carbonyl (C=O) groups is 2. The smallest absolute Gasteiger partial charge is 0.464 e. The SMILES string of the molecule is CC(=O)OCCN(C(=O)C(F)(F)F)c1ccc(CCOC2CCCCO2)cc1Cl. The average Bonchev–Trinajstić information content (AvgIpc) is 2.65. The topological polar surface area (TPSA) is 65.1 Å². The number of anilines is 1. The minimum atomic E-state index is -5.09. The third-order valence-electron chi connectivity index (χ3n) is 4.24. The molecule has 0 aliphatic carbocycles. The Kier molecular flexibility index (Phi) is 8.73. The molecule has 2 rings (SSSR count). The highest BCUT2D eigenvalue weighted by atomic mass is 35.5. The zero-order valence-corrected chi connectivity index (χ0v) is 16.7. The van der Waals surface area contributed by atoms with E-state index >= 15 is 0 Å². The number of benzene rings is 1. The van der Waals surface area contributed by atoms with E-state index in [1.54, 1.807) is 6.07 Å². The molecule has 1 aliphatic heterocycles. The van der Waals surface area contributed by atoms with Crippen molar-refractivity contribution in [2.45, 2.75) is 45.1 Å². The summed E-state index contributed by atoms with van der Waals surface area (Å²) in [5, 5.41) is -0.0168. The van der Waals surface area contributed by atoms with E-state index < -0.39 is 24.6 Å². The maximum atomic E-state index is 13.0. The number of hydrogen-bond donors (Lipinski definition) is 0. The van der Waals surface area contributed by atoms with E-state index in [1.165, 1.54) is 12.1 Å². The molecule has 0 bridgehead atoms. The van der Waals surface area contributed by atoms with Gasteiger partial charge in [-0.3, -0.25) is 14.5 Å². The Labute approximate surface area is 171 Å². The summed E-state index contributed by atoms with van der Waals surface area (Å²) in [5.41, 5.74) is 0.635. The molecule has 0 radical (unpaired) electrons. The zero-order chi connectivity index (χ0) is 21.4. The first-order chi connectivity index (χ1) is 13.7. The fourth-order valence-corrected chi connectivity index (χ4v) is 3.15. The van der Waals surface area contributed by atoms with Gasteiger partial charge in [-0.15, -0.1) is 0 Å². The summed E-state index contributed by atoms with van der Waals surface area (Å²) < 4.78 is 54.6. The van der Waals surface area contributed by atoms with E-state index in [9.17, 15) is 22.8 Å². The first-order valence-electron chi connectivity index (χ1n) is 9.22. The van der Waals surface area contributed by atoms with Crippen molar-refractivity contribution in [3.05, 3.63) is 28.8 Å². The molecular formula is C19H23ClF3NO5. The van der Waals surface area contributed by atoms with E-state index in [-0.39, 0.29) is 23.6 Å². The van der Waals surface area contributed by atoms with Crippen LogP contribution in [0.15, 0.2) is 18.2 Å². The number of ether oxygens (including phenoxy) is 3. The summed E-state index contributed by atoms with van der Waals surface area (Å²) in [6.45, 7) is 1.31. The van der Waals surface area contributed by atoms with Crippen LogP contribution in [0.1, 0.15) is 31.7 Å². The van der Waals surface area contributed by atoms with Gasteiger partial charge in [0.15, 0.2) is 6.29 Å². The Morgan fingerprint density at radius 1 is 1.28 bits per heavy atom. The largest absolute Gasteiger partial charge is 0.471 e. The van der Waals surface area contributed by atoms with Gasteiger partial charge in [-0.2, -0.15) is 13.2 Å². The molecule has 6 nitrogen and oxygen atoms in total. The molecule has 1 saturated heterocycles. The summed E-state index contributed by atoms with van der Waals surface area (Å²) in [4.78, 5) is 23.1. The van der Waals surface area contributed by atoms with Crippen LogP contribution in [-0.2, 0) is 30.2 Å². The fourth-order valence-electron chi connectivity index (χ4n) is 2.84. The quantitative estimate of drug-likeness (QED) is 0.577. The molecule has 1 aliphatic rings. The van der Waals surface area contributed by atoms with Crippen molar-refractivity contribution in [1.29, 1.82) is 0 Å². The second-order valence-electron chi connectivity index (χ2n) is 6.50. The van der Waals surface area contributed by atoms with Crippen LogP contribution < -0.4 is 4.90 Å². The number of halogens is 4. The molecule has 10 heteroatoms. The van der Waals surface area contributed by atoms with Crippen molar-refractivity contribution >= 4 is 29.2 Å². The molecule has 0 spiro atoms. The number of rotatable bonds is 8. The van der Waals surface area contributed by atoms with E-state index in [2.05, 4.69) is 4.74 Å². The third kappa shape index (κ3) is 7.49. The first kappa shape index (κ1) is 23.4. The number of nitrogens with zero attached hydrogens (tertiary/aromatic N) is 1. The van der Waals surface area contributed by atoms with Gasteiger partial charge < -0.3 is 14.2 Å². The van der Waals surface area contributed by atoms with Crippen molar-refractivity contribution in [2.75, 3.05) is 31.3 Å². The van der Waals surface area contributed by atoms with Crippen molar-refractivity contribution < 1.29 is 37.0 Å². The highest BCUT2D eigenvalue weighted by Crippen LogP contribution is 2.31. The Hall–Kier alpha value is -1.84. The fraction of sp³-hybridized carbons (Fsp3) is 0.579. The van der Waals surface area contributed by atoms with Crippen molar-refractivity contribution in [3.63, 3.8) is 0 Å². The van der Waals surface area contributed by atoms with Gasteiger partial charge in [0.05, 0.1) is 23.9 Å². The second kappa shape index (κ2) is 10.8. The molecule has 1 amide bonds. The maximum absolute atomic E-state index is 13.0. The van der Waals surface area contributed by atoms with Crippen molar-refractivity contribution in [1.82, 2.24) is 0 Å². The predicted molar refractivity (Wildman–Crippen MR) is 99.7 cm³/mol. The minimum Gasteiger partial charge on any atom is -0.464 e. The predicted octanol–water partition coefficient (Wildman–Crippen LogP) is 3.88. The highest BCUT2D eigenvalue weighted by molar-refractivity contribution is 6.34. The molecular weight excluding hydrogens is 415 g/mol. The zero-order valence-electron chi connectivity index (χ0n) is 16.0. The van der Waals surface area contributed by atoms with Crippen molar-refractivity contribution in [2.24, 2.45) is 0 Å². The third-order valence-corrected chi connectivity index (χ3v) is 4.55. The minimum absolute atomic E-state index is 0.0168. The molecule has 0 aromatic heterocycles. The molecule has 1 aromatic carbocycles. The maximum Gasteiger partial charge on any atom is 0.471 e. The van der Waals surface area contributed by atoms with Crippen molar-refractivity contribution in [3.8, 4) is 0 Å². The van der Waals surface area contributed by atoms with E-state index in [1.807, 2.05) is 0 Å². The van der Waals surface area contributed by atoms with Gasteiger partial charge in [0, 0.05) is 13.5 Å². The van der Waals surface area contributed by atoms with Gasteiger partial charge in [0.1, 0.15) is 6.61 Å². The lowest BCUT2D eigenvalue weighted by Crippen LogP contribution is -2.43. The van der Waals surface area contributed by atoms with E-state index in [0.717, 1.165) is 31.7 Å². The summed E-state index contributed by atoms with van der Waals surface area (Å²) in [6.07, 6.45) is -1.95. The van der Waals surface area contributed by atoms with Crippen LogP contribution in [0.5, 0.6) is 0 Å². The van der Waals surface area contributed by atoms with Gasteiger partial charge in [0.2, 0.25) is 0 Å². The molecule has 1 unspecified atom stereocenters. The Morgan fingerprint density at radius 3 is 2.62 bits per heavy atom. The number of hydrogen-bond acceptors (Lipinski definition) is 5. The lowest BCUT2D eigenvalue weighted by Gasteiger charge is -2.25. The summed E-state index contributed by atoms with van der Waals surface area (Å²) in [7, 11) is 0. The standard InChI is InChI=1S/C19H23ClF3NO5/c1-13(25)27-11-8-24(18(26)19(21,22)23)16-6-5-14(12-15(16)20)7-10-29-17-4-2-3-9-28-17/h5-6,12,17H,2-4,7-11H2,1H3. The summed E-state index contributed by atoms with van der Waals surface area (Å²) in [5.74, 6) is -2.75. The van der Waals surface area contributed by atoms with E-state index in [0.29, 0.717) is 24.5 Å². The summed E-state index contributed by atoms with van der Waals surface area (Å²) in [6, 6.07) is 4.41. The van der Waals surface area contributed by atoms with Crippen LogP contribution in [0, 0.1) is 0 Å². The number of carbonyl (C=O) groups excluding carboxylic acids is 2. The molecule has 1 atom stereocenters. The lowest BCUT2D eigenvalue weighted by atomic mass is 10.1. The van der Waals surface area contributed by atoms with Gasteiger partial charge in [-0.05, 0) is 43.4 Å². The lowest BCUT2D eigenvalue weighted by molar-refractivity contribution is -0.170. The molecule has 1 aromatic rings. The van der Waals surface area contributed by atoms with Crippen LogP contribution in [-0.4, -0.2) is 50.7 Å². The Morgan fingerprint density at radius 2 is 2.03 bits per heavy atom. The molecule has 1 fully saturated rings.